The van der Waals surface area contributed by atoms with Gasteiger partial charge in [0.25, 0.3) is 0 Å². The SMILES string of the molecule is CCCCOCCOc1ccc(N)cc1C#N. The number of nitrogens with zero attached hydrogens (tertiary/aromatic N) is 1. The average molecular weight is 234 g/mol. The van der Waals surface area contributed by atoms with Gasteiger partial charge in [-0.15, -0.1) is 0 Å². The van der Waals surface area contributed by atoms with Crippen LogP contribution in [0.4, 0.5) is 5.69 Å². The number of ether oxygens (including phenoxy) is 2. The number of hydrogen-bond donors (Lipinski definition) is 1. The van der Waals surface area contributed by atoms with E-state index in [-0.39, 0.29) is 0 Å². The van der Waals surface area contributed by atoms with Crippen molar-refractivity contribution in [3.63, 3.8) is 0 Å². The lowest BCUT2D eigenvalue weighted by molar-refractivity contribution is 0.0980. The maximum atomic E-state index is 8.90. The quantitative estimate of drug-likeness (QED) is 0.580. The highest BCUT2D eigenvalue weighted by molar-refractivity contribution is 5.53. The van der Waals surface area contributed by atoms with Crippen LogP contribution >= 0.6 is 0 Å². The third kappa shape index (κ3) is 4.75. The highest BCUT2D eigenvalue weighted by atomic mass is 16.5. The monoisotopic (exact) mass is 234 g/mol. The molecule has 0 aliphatic heterocycles. The lowest BCUT2D eigenvalue weighted by atomic mass is 10.2. The van der Waals surface area contributed by atoms with Crippen LogP contribution < -0.4 is 10.5 Å². The number of unbranched alkanes of at least 4 members (excludes halogenated alkanes) is 1. The van der Waals surface area contributed by atoms with E-state index in [0.29, 0.717) is 30.2 Å². The highest BCUT2D eigenvalue weighted by Gasteiger charge is 2.03. The van der Waals surface area contributed by atoms with Crippen molar-refractivity contribution in [2.24, 2.45) is 0 Å². The van der Waals surface area contributed by atoms with Gasteiger partial charge >= 0.3 is 0 Å². The van der Waals surface area contributed by atoms with Crippen molar-refractivity contribution in [2.45, 2.75) is 19.8 Å². The van der Waals surface area contributed by atoms with Crippen LogP contribution in [0.2, 0.25) is 0 Å². The van der Waals surface area contributed by atoms with Gasteiger partial charge in [0.05, 0.1) is 12.2 Å². The summed E-state index contributed by atoms with van der Waals surface area (Å²) in [6, 6.07) is 7.08. The number of nitrogen functional groups attached to an aromatic ring is 1. The molecule has 92 valence electrons. The first-order valence-corrected chi connectivity index (χ1v) is 5.78. The standard InChI is InChI=1S/C13H18N2O2/c1-2-3-6-16-7-8-17-13-5-4-12(15)9-11(13)10-14/h4-5,9H,2-3,6-8,15H2,1H3. The van der Waals surface area contributed by atoms with Crippen molar-refractivity contribution in [3.05, 3.63) is 23.8 Å². The number of anilines is 1. The molecule has 1 rings (SSSR count). The topological polar surface area (TPSA) is 68.3 Å². The summed E-state index contributed by atoms with van der Waals surface area (Å²) < 4.78 is 10.8. The van der Waals surface area contributed by atoms with Crippen molar-refractivity contribution >= 4 is 5.69 Å². The van der Waals surface area contributed by atoms with Crippen molar-refractivity contribution in [1.29, 1.82) is 5.26 Å². The zero-order valence-electron chi connectivity index (χ0n) is 10.1. The molecule has 17 heavy (non-hydrogen) atoms. The molecule has 1 aromatic carbocycles. The molecule has 0 aliphatic carbocycles. The lowest BCUT2D eigenvalue weighted by Gasteiger charge is -2.08. The van der Waals surface area contributed by atoms with Crippen LogP contribution in [0.1, 0.15) is 25.3 Å². The highest BCUT2D eigenvalue weighted by Crippen LogP contribution is 2.20. The van der Waals surface area contributed by atoms with Gasteiger partial charge in [0.2, 0.25) is 0 Å². The molecule has 0 saturated heterocycles. The Morgan fingerprint density at radius 3 is 2.82 bits per heavy atom. The minimum absolute atomic E-state index is 0.447. The summed E-state index contributed by atoms with van der Waals surface area (Å²) in [4.78, 5) is 0. The molecule has 0 atom stereocenters. The third-order valence-electron chi connectivity index (χ3n) is 2.25. The fourth-order valence-electron chi connectivity index (χ4n) is 1.32. The summed E-state index contributed by atoms with van der Waals surface area (Å²) >= 11 is 0. The van der Waals surface area contributed by atoms with Crippen LogP contribution in [0, 0.1) is 11.3 Å². The lowest BCUT2D eigenvalue weighted by Crippen LogP contribution is -2.08. The Hall–Kier alpha value is -1.73. The summed E-state index contributed by atoms with van der Waals surface area (Å²) in [5.41, 5.74) is 6.60. The Balaban J connectivity index is 2.34. The Morgan fingerprint density at radius 1 is 1.29 bits per heavy atom. The fourth-order valence-corrected chi connectivity index (χ4v) is 1.32. The maximum Gasteiger partial charge on any atom is 0.137 e. The van der Waals surface area contributed by atoms with Crippen LogP contribution in [-0.2, 0) is 4.74 Å². The Bertz CT molecular complexity index is 385. The largest absolute Gasteiger partial charge is 0.490 e. The van der Waals surface area contributed by atoms with Crippen LogP contribution in [0.15, 0.2) is 18.2 Å². The first kappa shape index (κ1) is 13.3. The zero-order valence-corrected chi connectivity index (χ0v) is 10.1. The van der Waals surface area contributed by atoms with E-state index in [1.807, 2.05) is 0 Å². The molecule has 0 aromatic heterocycles. The molecule has 0 amide bonds. The molecule has 0 aliphatic rings. The minimum atomic E-state index is 0.447. The molecule has 0 spiro atoms. The van der Waals surface area contributed by atoms with Crippen LogP contribution in [-0.4, -0.2) is 19.8 Å². The third-order valence-corrected chi connectivity index (χ3v) is 2.25. The van der Waals surface area contributed by atoms with Gasteiger partial charge in [-0.25, -0.2) is 0 Å². The zero-order chi connectivity index (χ0) is 12.5. The second-order valence-electron chi connectivity index (χ2n) is 3.68. The van der Waals surface area contributed by atoms with E-state index in [2.05, 4.69) is 13.0 Å². The fraction of sp³-hybridized carbons (Fsp3) is 0.462. The van der Waals surface area contributed by atoms with E-state index in [4.69, 9.17) is 20.5 Å². The second kappa shape index (κ2) is 7.53. The first-order valence-electron chi connectivity index (χ1n) is 5.78. The molecule has 0 saturated carbocycles. The summed E-state index contributed by atoms with van der Waals surface area (Å²) in [5, 5.41) is 8.90. The smallest absolute Gasteiger partial charge is 0.137 e. The molecule has 0 heterocycles. The number of rotatable bonds is 7. The molecule has 4 nitrogen and oxygen atoms in total. The number of nitriles is 1. The van der Waals surface area contributed by atoms with E-state index in [0.717, 1.165) is 19.4 Å². The predicted molar refractivity (Wildman–Crippen MR) is 66.8 cm³/mol. The molecule has 2 N–H and O–H groups in total. The van der Waals surface area contributed by atoms with E-state index >= 15 is 0 Å². The second-order valence-corrected chi connectivity index (χ2v) is 3.68. The van der Waals surface area contributed by atoms with Gasteiger partial charge in [-0.3, -0.25) is 0 Å². The van der Waals surface area contributed by atoms with Crippen molar-refractivity contribution < 1.29 is 9.47 Å². The maximum absolute atomic E-state index is 8.90. The van der Waals surface area contributed by atoms with E-state index in [1.165, 1.54) is 0 Å². The Kier molecular flexibility index (Phi) is 5.91. The Morgan fingerprint density at radius 2 is 2.12 bits per heavy atom. The van der Waals surface area contributed by atoms with E-state index < -0.39 is 0 Å². The van der Waals surface area contributed by atoms with Crippen LogP contribution in [0.3, 0.4) is 0 Å². The summed E-state index contributed by atoms with van der Waals surface area (Å²) in [7, 11) is 0. The molecule has 1 aromatic rings. The molecule has 4 heteroatoms. The van der Waals surface area contributed by atoms with Crippen LogP contribution in [0.25, 0.3) is 0 Å². The first-order chi connectivity index (χ1) is 8.27. The van der Waals surface area contributed by atoms with Crippen molar-refractivity contribution in [2.75, 3.05) is 25.6 Å². The number of nitrogens with two attached hydrogens (primary N) is 1. The van der Waals surface area contributed by atoms with Crippen molar-refractivity contribution in [3.8, 4) is 11.8 Å². The summed E-state index contributed by atoms with van der Waals surface area (Å²) in [6.07, 6.45) is 2.18. The van der Waals surface area contributed by atoms with Gasteiger partial charge in [0.1, 0.15) is 18.4 Å². The number of hydrogen-bond acceptors (Lipinski definition) is 4. The van der Waals surface area contributed by atoms with Gasteiger partial charge in [0, 0.05) is 12.3 Å². The van der Waals surface area contributed by atoms with Crippen molar-refractivity contribution in [1.82, 2.24) is 0 Å². The summed E-state index contributed by atoms with van der Waals surface area (Å²) in [6.45, 7) is 3.86. The van der Waals surface area contributed by atoms with Crippen LogP contribution in [0.5, 0.6) is 5.75 Å². The molecule has 0 radical (unpaired) electrons. The molecular weight excluding hydrogens is 216 g/mol. The predicted octanol–water partition coefficient (Wildman–Crippen LogP) is 2.34. The summed E-state index contributed by atoms with van der Waals surface area (Å²) in [5.74, 6) is 0.556. The number of benzene rings is 1. The molecule has 0 fully saturated rings. The molecule has 0 bridgehead atoms. The van der Waals surface area contributed by atoms with Gasteiger partial charge in [-0.1, -0.05) is 13.3 Å². The average Bonchev–Trinajstić information content (AvgIpc) is 2.35. The minimum Gasteiger partial charge on any atom is -0.490 e. The van der Waals surface area contributed by atoms with E-state index in [1.54, 1.807) is 18.2 Å². The normalized spacial score (nSPS) is 9.88. The van der Waals surface area contributed by atoms with Gasteiger partial charge < -0.3 is 15.2 Å². The molecule has 0 unspecified atom stereocenters. The van der Waals surface area contributed by atoms with Gasteiger partial charge in [-0.2, -0.15) is 5.26 Å². The van der Waals surface area contributed by atoms with Gasteiger partial charge in [0.15, 0.2) is 0 Å². The molecular formula is C13H18N2O2. The van der Waals surface area contributed by atoms with E-state index in [9.17, 15) is 0 Å². The van der Waals surface area contributed by atoms with Gasteiger partial charge in [-0.05, 0) is 24.6 Å². The Labute approximate surface area is 102 Å².